The van der Waals surface area contributed by atoms with E-state index in [0.29, 0.717) is 32.2 Å². The molecule has 17 nitrogen and oxygen atoms in total. The summed E-state index contributed by atoms with van der Waals surface area (Å²) in [6, 6.07) is 6.21. The van der Waals surface area contributed by atoms with Crippen molar-refractivity contribution in [3.8, 4) is 0 Å². The minimum Gasteiger partial charge on any atom is -0.465 e. The van der Waals surface area contributed by atoms with Crippen LogP contribution in [0.4, 0.5) is 9.59 Å². The van der Waals surface area contributed by atoms with E-state index in [4.69, 9.17) is 33.2 Å². The first-order valence-corrected chi connectivity index (χ1v) is 21.5. The summed E-state index contributed by atoms with van der Waals surface area (Å²) in [6.07, 6.45) is -0.268. The maximum atomic E-state index is 14.2. The molecule has 1 fully saturated rings. The number of carbonyl (C=O) groups is 6. The lowest BCUT2D eigenvalue weighted by atomic mass is 10.1. The number of nitrogens with zero attached hydrogens (tertiary/aromatic N) is 3. The highest BCUT2D eigenvalue weighted by Gasteiger charge is 2.45. The second-order valence-corrected chi connectivity index (χ2v) is 16.9. The third-order valence-electron chi connectivity index (χ3n) is 9.59. The van der Waals surface area contributed by atoms with Crippen LogP contribution in [0.2, 0.25) is 0 Å². The van der Waals surface area contributed by atoms with Crippen molar-refractivity contribution in [1.82, 2.24) is 20.0 Å². The first-order chi connectivity index (χ1) is 28.7. The number of esters is 4. The summed E-state index contributed by atoms with van der Waals surface area (Å²) >= 11 is 0. The van der Waals surface area contributed by atoms with E-state index in [9.17, 15) is 28.8 Å². The Kier molecular flexibility index (Phi) is 22.5. The molecule has 1 N–H and O–H groups in total. The van der Waals surface area contributed by atoms with Crippen LogP contribution in [-0.4, -0.2) is 145 Å². The van der Waals surface area contributed by atoms with Gasteiger partial charge in [-0.2, -0.15) is 0 Å². The molecule has 0 saturated carbocycles. The summed E-state index contributed by atoms with van der Waals surface area (Å²) in [4.78, 5) is 84.2. The first-order valence-electron chi connectivity index (χ1n) is 21.5. The summed E-state index contributed by atoms with van der Waals surface area (Å²) in [5, 5.41) is 2.75. The molecule has 2 rings (SSSR count). The fourth-order valence-electron chi connectivity index (χ4n) is 6.94. The molecular formula is C44H72N4O13. The number of rotatable bonds is 24. The lowest BCUT2D eigenvalue weighted by molar-refractivity contribution is -0.160. The van der Waals surface area contributed by atoms with Gasteiger partial charge in [-0.15, -0.1) is 0 Å². The van der Waals surface area contributed by atoms with Gasteiger partial charge in [-0.05, 0) is 107 Å². The normalized spacial score (nSPS) is 17.2. The minimum atomic E-state index is -0.912. The fourth-order valence-corrected chi connectivity index (χ4v) is 6.94. The van der Waals surface area contributed by atoms with Gasteiger partial charge in [-0.25, -0.2) is 9.59 Å². The molecule has 1 aromatic carbocycles. The Balaban J connectivity index is 2.54. The number of hydrogen-bond donors (Lipinski definition) is 1. The van der Waals surface area contributed by atoms with Crippen LogP contribution in [0.15, 0.2) is 30.3 Å². The van der Waals surface area contributed by atoms with Crippen molar-refractivity contribution in [1.29, 1.82) is 0 Å². The summed E-state index contributed by atoms with van der Waals surface area (Å²) < 4.78 is 38.6. The van der Waals surface area contributed by atoms with E-state index in [0.717, 1.165) is 5.56 Å². The molecule has 5 atom stereocenters. The number of hydrogen-bond acceptors (Lipinski definition) is 16. The smallest absolute Gasteiger partial charge is 0.465 e. The van der Waals surface area contributed by atoms with Gasteiger partial charge < -0.3 is 38.5 Å². The Morgan fingerprint density at radius 1 is 0.754 bits per heavy atom. The van der Waals surface area contributed by atoms with E-state index in [2.05, 4.69) is 5.32 Å². The van der Waals surface area contributed by atoms with Crippen LogP contribution in [0, 0.1) is 0 Å². The minimum absolute atomic E-state index is 0.0101. The molecule has 1 aliphatic heterocycles. The Hall–Kier alpha value is -4.48. The standard InChI is InChI=1S/C44H72N4O13/c1-12-55-38(50)31(4)47(32(5)39(51)56-13-2)27-26-46(29-37(49)60-43(6,7)8)28-34-23-24-36(59-42(54)57-14-3)48(34)35(40(52)58-30-33-20-16-15-17-21-33)22-18-19-25-45-41(53)61-44(9,10)11/h15-17,20-21,31-32,34-36H,12-14,18-19,22-30H2,1-11H3,(H,45,53). The number of likely N-dealkylation sites (tertiary alicyclic amines) is 1. The summed E-state index contributed by atoms with van der Waals surface area (Å²) in [6.45, 7) is 20.0. The van der Waals surface area contributed by atoms with E-state index in [-0.39, 0.29) is 59.0 Å². The molecule has 1 saturated heterocycles. The zero-order valence-electron chi connectivity index (χ0n) is 38.3. The largest absolute Gasteiger partial charge is 0.509 e. The van der Waals surface area contributed by atoms with Crippen LogP contribution < -0.4 is 5.32 Å². The van der Waals surface area contributed by atoms with Gasteiger partial charge in [0, 0.05) is 38.6 Å². The van der Waals surface area contributed by atoms with Crippen LogP contribution in [-0.2, 0) is 58.9 Å². The number of nitrogens with one attached hydrogen (secondary N) is 1. The zero-order chi connectivity index (χ0) is 45.8. The zero-order valence-corrected chi connectivity index (χ0v) is 38.3. The lowest BCUT2D eigenvalue weighted by Gasteiger charge is -2.38. The molecule has 1 heterocycles. The van der Waals surface area contributed by atoms with Gasteiger partial charge >= 0.3 is 36.1 Å². The Morgan fingerprint density at radius 2 is 1.34 bits per heavy atom. The molecule has 1 amide bonds. The molecule has 1 aromatic rings. The predicted octanol–water partition coefficient (Wildman–Crippen LogP) is 5.61. The monoisotopic (exact) mass is 865 g/mol. The Labute approximate surface area is 362 Å². The Morgan fingerprint density at radius 3 is 1.90 bits per heavy atom. The van der Waals surface area contributed by atoms with E-state index >= 15 is 0 Å². The number of benzene rings is 1. The van der Waals surface area contributed by atoms with E-state index in [1.165, 1.54) is 0 Å². The third-order valence-corrected chi connectivity index (χ3v) is 9.59. The molecule has 0 aliphatic carbocycles. The molecule has 1 aliphatic rings. The molecule has 5 unspecified atom stereocenters. The van der Waals surface area contributed by atoms with Crippen LogP contribution in [0.3, 0.4) is 0 Å². The van der Waals surface area contributed by atoms with Gasteiger partial charge in [0.2, 0.25) is 0 Å². The Bertz CT molecular complexity index is 1510. The molecule has 0 radical (unpaired) electrons. The van der Waals surface area contributed by atoms with Crippen molar-refractivity contribution >= 4 is 36.1 Å². The van der Waals surface area contributed by atoms with E-state index in [1.54, 1.807) is 81.1 Å². The molecule has 17 heteroatoms. The average molecular weight is 865 g/mol. The molecule has 0 aromatic heterocycles. The summed E-state index contributed by atoms with van der Waals surface area (Å²) in [5.74, 6) is -2.08. The average Bonchev–Trinajstić information content (AvgIpc) is 3.54. The van der Waals surface area contributed by atoms with Gasteiger partial charge in [0.25, 0.3) is 0 Å². The number of carbonyl (C=O) groups excluding carboxylic acids is 6. The van der Waals surface area contributed by atoms with Crippen molar-refractivity contribution in [2.75, 3.05) is 52.5 Å². The van der Waals surface area contributed by atoms with Crippen molar-refractivity contribution < 1.29 is 61.9 Å². The van der Waals surface area contributed by atoms with Crippen molar-refractivity contribution in [3.63, 3.8) is 0 Å². The van der Waals surface area contributed by atoms with Crippen LogP contribution in [0.5, 0.6) is 0 Å². The highest BCUT2D eigenvalue weighted by Crippen LogP contribution is 2.32. The second kappa shape index (κ2) is 26.1. The molecule has 0 bridgehead atoms. The highest BCUT2D eigenvalue weighted by atomic mass is 16.7. The van der Waals surface area contributed by atoms with Gasteiger partial charge in [0.15, 0.2) is 6.23 Å². The number of alkyl carbamates (subject to hydrolysis) is 1. The molecule has 346 valence electrons. The second-order valence-electron chi connectivity index (χ2n) is 16.9. The quantitative estimate of drug-likeness (QED) is 0.0767. The number of ether oxygens (including phenoxy) is 7. The molecule has 61 heavy (non-hydrogen) atoms. The van der Waals surface area contributed by atoms with Crippen LogP contribution in [0.1, 0.15) is 114 Å². The van der Waals surface area contributed by atoms with Gasteiger partial charge in [0.1, 0.15) is 35.9 Å². The van der Waals surface area contributed by atoms with Crippen LogP contribution >= 0.6 is 0 Å². The lowest BCUT2D eigenvalue weighted by Crippen LogP contribution is -2.55. The third kappa shape index (κ3) is 19.8. The highest BCUT2D eigenvalue weighted by molar-refractivity contribution is 5.79. The SMILES string of the molecule is CCOC(=O)OC1CCC(CN(CCN(C(C)C(=O)OCC)C(C)C(=O)OCC)CC(=O)OC(C)(C)C)N1C(CCCCNC(=O)OC(C)(C)C)C(=O)OCc1ccccc1. The number of amides is 1. The van der Waals surface area contributed by atoms with E-state index < -0.39 is 77.7 Å². The maximum absolute atomic E-state index is 14.2. The van der Waals surface area contributed by atoms with Gasteiger partial charge in [-0.1, -0.05) is 30.3 Å². The first kappa shape index (κ1) is 52.7. The number of unbranched alkanes of at least 4 members (excludes halogenated alkanes) is 1. The van der Waals surface area contributed by atoms with Gasteiger partial charge in [-0.3, -0.25) is 33.9 Å². The van der Waals surface area contributed by atoms with Crippen molar-refractivity contribution in [2.45, 2.75) is 156 Å². The summed E-state index contributed by atoms with van der Waals surface area (Å²) in [5.41, 5.74) is -0.657. The molecule has 0 spiro atoms. The molecular weight excluding hydrogens is 792 g/mol. The topological polar surface area (TPSA) is 189 Å². The van der Waals surface area contributed by atoms with E-state index in [1.807, 2.05) is 40.1 Å². The van der Waals surface area contributed by atoms with Crippen molar-refractivity contribution in [2.24, 2.45) is 0 Å². The van der Waals surface area contributed by atoms with Crippen molar-refractivity contribution in [3.05, 3.63) is 35.9 Å². The fraction of sp³-hybridized carbons (Fsp3) is 0.727. The predicted molar refractivity (Wildman–Crippen MR) is 226 cm³/mol. The van der Waals surface area contributed by atoms with Crippen LogP contribution in [0.25, 0.3) is 0 Å². The maximum Gasteiger partial charge on any atom is 0.509 e. The summed E-state index contributed by atoms with van der Waals surface area (Å²) in [7, 11) is 0. The van der Waals surface area contributed by atoms with Gasteiger partial charge in [0.05, 0.1) is 26.4 Å².